The number of rotatable bonds is 5. The molecule has 0 amide bonds. The van der Waals surface area contributed by atoms with Crippen LogP contribution in [0.4, 0.5) is 0 Å². The van der Waals surface area contributed by atoms with Crippen LogP contribution in [0, 0.1) is 17.2 Å². The maximum absolute atomic E-state index is 11.8. The minimum absolute atomic E-state index is 0.237. The molecule has 2 aromatic carbocycles. The lowest BCUT2D eigenvalue weighted by Gasteiger charge is -2.11. The summed E-state index contributed by atoms with van der Waals surface area (Å²) in [4.78, 5) is 11.8. The average Bonchev–Trinajstić information content (AvgIpc) is 2.61. The van der Waals surface area contributed by atoms with E-state index in [1.807, 2.05) is 0 Å². The molecule has 0 aliphatic carbocycles. The highest BCUT2D eigenvalue weighted by molar-refractivity contribution is 6.30. The number of halogens is 1. The highest BCUT2D eigenvalue weighted by atomic mass is 35.5. The zero-order chi connectivity index (χ0) is 18.4. The fourth-order valence-electron chi connectivity index (χ4n) is 2.06. The average molecular weight is 356 g/mol. The van der Waals surface area contributed by atoms with Gasteiger partial charge in [-0.2, -0.15) is 5.26 Å². The minimum Gasteiger partial charge on any atom is -0.493 e. The molecule has 0 N–H and O–H groups in total. The van der Waals surface area contributed by atoms with Crippen LogP contribution in [0.5, 0.6) is 11.5 Å². The number of hydrogen-bond acceptors (Lipinski definition) is 4. The Labute approximate surface area is 152 Å². The van der Waals surface area contributed by atoms with Gasteiger partial charge in [0.25, 0.3) is 0 Å². The van der Waals surface area contributed by atoms with Gasteiger partial charge in [-0.1, -0.05) is 43.6 Å². The number of hydrogen-bond donors (Lipinski definition) is 0. The summed E-state index contributed by atoms with van der Waals surface area (Å²) >= 11 is 5.88. The summed E-state index contributed by atoms with van der Waals surface area (Å²) in [6.45, 7) is 3.52. The molecule has 0 aliphatic heterocycles. The highest BCUT2D eigenvalue weighted by Crippen LogP contribution is 2.30. The predicted molar refractivity (Wildman–Crippen MR) is 98.4 cm³/mol. The minimum atomic E-state index is -0.333. The Balaban J connectivity index is 2.34. The van der Waals surface area contributed by atoms with Gasteiger partial charge in [0.15, 0.2) is 11.5 Å². The number of benzene rings is 2. The fourth-order valence-corrected chi connectivity index (χ4v) is 2.19. The Bertz CT molecular complexity index is 833. The molecule has 128 valence electrons. The number of nitriles is 1. The van der Waals surface area contributed by atoms with E-state index < -0.39 is 0 Å². The summed E-state index contributed by atoms with van der Waals surface area (Å²) < 4.78 is 10.6. The summed E-state index contributed by atoms with van der Waals surface area (Å²) in [5.41, 5.74) is 2.01. The van der Waals surface area contributed by atoms with Crippen LogP contribution in [0.1, 0.15) is 25.0 Å². The lowest BCUT2D eigenvalue weighted by molar-refractivity contribution is -0.137. The van der Waals surface area contributed by atoms with E-state index in [4.69, 9.17) is 21.1 Å². The molecule has 25 heavy (non-hydrogen) atoms. The predicted octanol–water partition coefficient (Wildman–Crippen LogP) is 4.97. The first kappa shape index (κ1) is 18.6. The zero-order valence-electron chi connectivity index (χ0n) is 14.2. The quantitative estimate of drug-likeness (QED) is 0.328. The molecule has 0 saturated carbocycles. The van der Waals surface area contributed by atoms with Crippen molar-refractivity contribution in [1.82, 2.24) is 0 Å². The van der Waals surface area contributed by atoms with E-state index in [0.717, 1.165) is 11.1 Å². The van der Waals surface area contributed by atoms with Crippen molar-refractivity contribution in [2.75, 3.05) is 7.11 Å². The third kappa shape index (κ3) is 4.85. The van der Waals surface area contributed by atoms with Crippen LogP contribution in [0.15, 0.2) is 42.5 Å². The molecule has 0 heterocycles. The molecule has 0 unspecified atom stereocenters. The molecule has 2 rings (SSSR count). The maximum Gasteiger partial charge on any atom is 0.313 e. The number of carbonyl (C=O) groups is 1. The van der Waals surface area contributed by atoms with Crippen LogP contribution in [0.2, 0.25) is 5.02 Å². The Morgan fingerprint density at radius 3 is 2.40 bits per heavy atom. The maximum atomic E-state index is 11.8. The van der Waals surface area contributed by atoms with E-state index >= 15 is 0 Å². The normalized spacial score (nSPS) is 11.1. The summed E-state index contributed by atoms with van der Waals surface area (Å²) in [7, 11) is 1.50. The SMILES string of the molecule is COc1cc(C=C(C#N)c2ccc(Cl)cc2)ccc1OC(=O)C(C)C. The van der Waals surface area contributed by atoms with E-state index in [1.165, 1.54) is 7.11 Å². The van der Waals surface area contributed by atoms with Gasteiger partial charge in [0.1, 0.15) is 0 Å². The number of ether oxygens (including phenoxy) is 2. The largest absolute Gasteiger partial charge is 0.493 e. The second-order valence-electron chi connectivity index (χ2n) is 5.66. The van der Waals surface area contributed by atoms with Crippen molar-refractivity contribution in [2.45, 2.75) is 13.8 Å². The Kier molecular flexibility index (Phi) is 6.21. The standard InChI is InChI=1S/C20H18ClNO3/c1-13(2)20(23)25-18-9-4-14(11-19(18)24-3)10-16(12-22)15-5-7-17(21)8-6-15/h4-11,13H,1-3H3. The van der Waals surface area contributed by atoms with Gasteiger partial charge in [0.2, 0.25) is 0 Å². The van der Waals surface area contributed by atoms with Crippen LogP contribution >= 0.6 is 11.6 Å². The third-order valence-corrected chi connectivity index (χ3v) is 3.71. The topological polar surface area (TPSA) is 59.3 Å². The summed E-state index contributed by atoms with van der Waals surface area (Å²) in [5, 5.41) is 10.0. The third-order valence-electron chi connectivity index (χ3n) is 3.46. The second-order valence-corrected chi connectivity index (χ2v) is 6.10. The van der Waals surface area contributed by atoms with Crippen molar-refractivity contribution in [3.63, 3.8) is 0 Å². The van der Waals surface area contributed by atoms with E-state index in [1.54, 1.807) is 62.4 Å². The highest BCUT2D eigenvalue weighted by Gasteiger charge is 2.14. The lowest BCUT2D eigenvalue weighted by Crippen LogP contribution is -2.15. The van der Waals surface area contributed by atoms with Crippen molar-refractivity contribution in [3.8, 4) is 17.6 Å². The Hall–Kier alpha value is -2.77. The first-order valence-corrected chi connectivity index (χ1v) is 8.10. The molecule has 0 radical (unpaired) electrons. The number of esters is 1. The smallest absolute Gasteiger partial charge is 0.313 e. The van der Waals surface area contributed by atoms with Gasteiger partial charge in [-0.25, -0.2) is 0 Å². The first-order chi connectivity index (χ1) is 11.9. The van der Waals surface area contributed by atoms with Crippen LogP contribution in [0.3, 0.4) is 0 Å². The van der Waals surface area contributed by atoms with Crippen molar-refractivity contribution in [3.05, 3.63) is 58.6 Å². The fraction of sp³-hybridized carbons (Fsp3) is 0.200. The zero-order valence-corrected chi connectivity index (χ0v) is 15.0. The van der Waals surface area contributed by atoms with Crippen molar-refractivity contribution < 1.29 is 14.3 Å². The van der Waals surface area contributed by atoms with E-state index in [2.05, 4.69) is 6.07 Å². The van der Waals surface area contributed by atoms with Gasteiger partial charge >= 0.3 is 5.97 Å². The van der Waals surface area contributed by atoms with Gasteiger partial charge in [-0.3, -0.25) is 4.79 Å². The van der Waals surface area contributed by atoms with Crippen LogP contribution in [-0.4, -0.2) is 13.1 Å². The molecule has 0 bridgehead atoms. The molecule has 0 aromatic heterocycles. The molecule has 5 heteroatoms. The Morgan fingerprint density at radius 1 is 1.16 bits per heavy atom. The summed E-state index contributed by atoms with van der Waals surface area (Å²) in [6, 6.07) is 14.3. The number of carbonyl (C=O) groups excluding carboxylic acids is 1. The number of methoxy groups -OCH3 is 1. The molecule has 0 aliphatic rings. The number of nitrogens with zero attached hydrogens (tertiary/aromatic N) is 1. The van der Waals surface area contributed by atoms with Gasteiger partial charge < -0.3 is 9.47 Å². The lowest BCUT2D eigenvalue weighted by atomic mass is 10.0. The molecule has 0 fully saturated rings. The van der Waals surface area contributed by atoms with E-state index in [-0.39, 0.29) is 11.9 Å². The summed E-state index contributed by atoms with van der Waals surface area (Å²) in [6.07, 6.45) is 1.74. The second kappa shape index (κ2) is 8.36. The van der Waals surface area contributed by atoms with E-state index in [0.29, 0.717) is 22.1 Å². The van der Waals surface area contributed by atoms with Crippen LogP contribution < -0.4 is 9.47 Å². The molecule has 0 spiro atoms. The summed E-state index contributed by atoms with van der Waals surface area (Å²) in [5.74, 6) is 0.208. The Morgan fingerprint density at radius 2 is 1.84 bits per heavy atom. The van der Waals surface area contributed by atoms with Gasteiger partial charge in [-0.15, -0.1) is 0 Å². The molecular weight excluding hydrogens is 338 g/mol. The van der Waals surface area contributed by atoms with Gasteiger partial charge in [0.05, 0.1) is 24.7 Å². The molecule has 2 aromatic rings. The van der Waals surface area contributed by atoms with Gasteiger partial charge in [0, 0.05) is 5.02 Å². The van der Waals surface area contributed by atoms with Crippen molar-refractivity contribution in [1.29, 1.82) is 5.26 Å². The van der Waals surface area contributed by atoms with Crippen molar-refractivity contribution in [2.24, 2.45) is 5.92 Å². The first-order valence-electron chi connectivity index (χ1n) is 7.72. The molecule has 0 saturated heterocycles. The number of allylic oxidation sites excluding steroid dienone is 1. The van der Waals surface area contributed by atoms with Crippen molar-refractivity contribution >= 4 is 29.2 Å². The molecular formula is C20H18ClNO3. The monoisotopic (exact) mass is 355 g/mol. The van der Waals surface area contributed by atoms with Crippen LogP contribution in [0.25, 0.3) is 11.6 Å². The molecule has 4 nitrogen and oxygen atoms in total. The molecule has 0 atom stereocenters. The van der Waals surface area contributed by atoms with E-state index in [9.17, 15) is 10.1 Å². The van der Waals surface area contributed by atoms with Gasteiger partial charge in [-0.05, 0) is 41.5 Å². The van der Waals surface area contributed by atoms with Crippen LogP contribution in [-0.2, 0) is 4.79 Å².